The number of benzene rings is 1. The van der Waals surface area contributed by atoms with Crippen LogP contribution in [0.2, 0.25) is 0 Å². The molecule has 4 heterocycles. The van der Waals surface area contributed by atoms with Crippen LogP contribution in [0.25, 0.3) is 10.9 Å². The highest BCUT2D eigenvalue weighted by Gasteiger charge is 2.22. The molecule has 0 fully saturated rings. The van der Waals surface area contributed by atoms with E-state index in [1.54, 1.807) is 24.4 Å². The number of aryl methyl sites for hydroxylation is 1. The van der Waals surface area contributed by atoms with Crippen LogP contribution in [0.1, 0.15) is 17.1 Å². The van der Waals surface area contributed by atoms with Crippen molar-refractivity contribution in [2.75, 3.05) is 16.8 Å². The number of hydrogen-bond acceptors (Lipinski definition) is 6. The fourth-order valence-corrected chi connectivity index (χ4v) is 3.75. The molecular formula is C22H18F2N6. The number of nitrogens with zero attached hydrogens (tertiary/aromatic N) is 5. The third-order valence-corrected chi connectivity index (χ3v) is 5.13. The van der Waals surface area contributed by atoms with Crippen molar-refractivity contribution >= 4 is 28.1 Å². The van der Waals surface area contributed by atoms with Gasteiger partial charge in [0.1, 0.15) is 17.5 Å². The first-order valence-corrected chi connectivity index (χ1v) is 9.61. The van der Waals surface area contributed by atoms with Gasteiger partial charge in [-0.3, -0.25) is 4.98 Å². The molecule has 0 unspecified atom stereocenters. The van der Waals surface area contributed by atoms with Gasteiger partial charge in [0.2, 0.25) is 5.95 Å². The lowest BCUT2D eigenvalue weighted by molar-refractivity contribution is 0.588. The van der Waals surface area contributed by atoms with E-state index in [4.69, 9.17) is 0 Å². The van der Waals surface area contributed by atoms with Gasteiger partial charge in [-0.2, -0.15) is 4.39 Å². The molecule has 0 amide bonds. The Morgan fingerprint density at radius 3 is 2.83 bits per heavy atom. The van der Waals surface area contributed by atoms with Crippen LogP contribution < -0.4 is 10.2 Å². The summed E-state index contributed by atoms with van der Waals surface area (Å²) in [6, 6.07) is 9.80. The predicted molar refractivity (Wildman–Crippen MR) is 111 cm³/mol. The molecule has 0 spiro atoms. The lowest BCUT2D eigenvalue weighted by Gasteiger charge is -2.30. The van der Waals surface area contributed by atoms with E-state index in [9.17, 15) is 8.78 Å². The highest BCUT2D eigenvalue weighted by molar-refractivity contribution is 5.89. The van der Waals surface area contributed by atoms with Crippen molar-refractivity contribution in [3.8, 4) is 0 Å². The van der Waals surface area contributed by atoms with E-state index in [-0.39, 0.29) is 5.82 Å². The number of hydrogen-bond donors (Lipinski definition) is 1. The first kappa shape index (κ1) is 18.4. The first-order valence-electron chi connectivity index (χ1n) is 9.61. The van der Waals surface area contributed by atoms with Crippen molar-refractivity contribution in [2.24, 2.45) is 0 Å². The molecule has 0 saturated carbocycles. The van der Waals surface area contributed by atoms with Crippen LogP contribution in [0.3, 0.4) is 0 Å². The number of fused-ring (bicyclic) bond motifs is 2. The Labute approximate surface area is 171 Å². The maximum Gasteiger partial charge on any atom is 0.236 e. The van der Waals surface area contributed by atoms with Gasteiger partial charge in [0.25, 0.3) is 0 Å². The molecule has 0 saturated heterocycles. The fourth-order valence-electron chi connectivity index (χ4n) is 3.75. The summed E-state index contributed by atoms with van der Waals surface area (Å²) in [6.07, 6.45) is 3.83. The summed E-state index contributed by atoms with van der Waals surface area (Å²) < 4.78 is 27.8. The SMILES string of the molecule is Cc1nc(N2CCc3ncc(Nc4cccnc4F)cc3C2)c2cc(F)ccc2n1. The number of anilines is 3. The highest BCUT2D eigenvalue weighted by Crippen LogP contribution is 2.30. The average molecular weight is 404 g/mol. The monoisotopic (exact) mass is 404 g/mol. The summed E-state index contributed by atoms with van der Waals surface area (Å²) in [4.78, 5) is 19.3. The van der Waals surface area contributed by atoms with Crippen molar-refractivity contribution in [2.45, 2.75) is 19.9 Å². The van der Waals surface area contributed by atoms with Gasteiger partial charge in [-0.15, -0.1) is 0 Å². The smallest absolute Gasteiger partial charge is 0.236 e. The van der Waals surface area contributed by atoms with Crippen molar-refractivity contribution in [3.05, 3.63) is 77.6 Å². The van der Waals surface area contributed by atoms with Gasteiger partial charge in [0, 0.05) is 36.8 Å². The van der Waals surface area contributed by atoms with E-state index < -0.39 is 5.95 Å². The Bertz CT molecular complexity index is 1260. The lowest BCUT2D eigenvalue weighted by atomic mass is 10.0. The summed E-state index contributed by atoms with van der Waals surface area (Å²) in [5.74, 6) is 0.455. The summed E-state index contributed by atoms with van der Waals surface area (Å²) in [6.45, 7) is 3.11. The number of halogens is 2. The largest absolute Gasteiger partial charge is 0.351 e. The highest BCUT2D eigenvalue weighted by atomic mass is 19.1. The summed E-state index contributed by atoms with van der Waals surface area (Å²) in [5.41, 5.74) is 3.68. The zero-order valence-corrected chi connectivity index (χ0v) is 16.2. The van der Waals surface area contributed by atoms with Crippen LogP contribution in [0.4, 0.5) is 26.0 Å². The first-order chi connectivity index (χ1) is 14.6. The molecule has 1 aliphatic rings. The zero-order valence-electron chi connectivity index (χ0n) is 16.2. The molecule has 1 aromatic carbocycles. The maximum atomic E-state index is 13.9. The van der Waals surface area contributed by atoms with Crippen LogP contribution in [-0.4, -0.2) is 26.5 Å². The van der Waals surface area contributed by atoms with Crippen molar-refractivity contribution in [1.29, 1.82) is 0 Å². The third kappa shape index (κ3) is 3.41. The maximum absolute atomic E-state index is 13.9. The topological polar surface area (TPSA) is 66.8 Å². The Morgan fingerprint density at radius 1 is 1.07 bits per heavy atom. The van der Waals surface area contributed by atoms with Gasteiger partial charge in [-0.05, 0) is 48.9 Å². The summed E-state index contributed by atoms with van der Waals surface area (Å²) in [7, 11) is 0. The standard InChI is InChI=1S/C22H18F2N6/c1-13-27-19-5-4-15(23)10-17(19)22(28-13)30-8-6-18-14(12-30)9-16(11-26-18)29-20-3-2-7-25-21(20)24/h2-5,7,9-11,29H,6,8,12H2,1H3. The van der Waals surface area contributed by atoms with Crippen LogP contribution in [0.15, 0.2) is 48.8 Å². The third-order valence-electron chi connectivity index (χ3n) is 5.13. The molecule has 0 atom stereocenters. The molecular weight excluding hydrogens is 386 g/mol. The fraction of sp³-hybridized carbons (Fsp3) is 0.182. The van der Waals surface area contributed by atoms with Gasteiger partial charge in [0.15, 0.2) is 0 Å². The minimum absolute atomic E-state index is 0.291. The summed E-state index contributed by atoms with van der Waals surface area (Å²) >= 11 is 0. The Balaban J connectivity index is 1.48. The zero-order chi connectivity index (χ0) is 20.7. The Hall–Kier alpha value is -3.68. The van der Waals surface area contributed by atoms with Crippen LogP contribution in [-0.2, 0) is 13.0 Å². The number of aromatic nitrogens is 4. The molecule has 5 rings (SSSR count). The van der Waals surface area contributed by atoms with Crippen molar-refractivity contribution in [3.63, 3.8) is 0 Å². The molecule has 0 aliphatic carbocycles. The number of pyridine rings is 2. The molecule has 4 aromatic rings. The second kappa shape index (κ2) is 7.29. The van der Waals surface area contributed by atoms with Gasteiger partial charge >= 0.3 is 0 Å². The molecule has 6 nitrogen and oxygen atoms in total. The normalized spacial score (nSPS) is 13.4. The average Bonchev–Trinajstić information content (AvgIpc) is 2.74. The molecule has 3 aromatic heterocycles. The van der Waals surface area contributed by atoms with E-state index in [1.807, 2.05) is 13.0 Å². The number of rotatable bonds is 3. The van der Waals surface area contributed by atoms with Crippen molar-refractivity contribution < 1.29 is 8.78 Å². The van der Waals surface area contributed by atoms with Gasteiger partial charge < -0.3 is 10.2 Å². The quantitative estimate of drug-likeness (QED) is 0.513. The lowest BCUT2D eigenvalue weighted by Crippen LogP contribution is -2.32. The van der Waals surface area contributed by atoms with E-state index in [2.05, 4.69) is 30.2 Å². The molecule has 8 heteroatoms. The molecule has 0 bridgehead atoms. The van der Waals surface area contributed by atoms with E-state index in [1.165, 1.54) is 18.3 Å². The molecule has 1 aliphatic heterocycles. The molecule has 150 valence electrons. The van der Waals surface area contributed by atoms with Crippen LogP contribution in [0, 0.1) is 18.7 Å². The Kier molecular flexibility index (Phi) is 4.46. The number of nitrogens with one attached hydrogen (secondary N) is 1. The van der Waals surface area contributed by atoms with E-state index >= 15 is 0 Å². The van der Waals surface area contributed by atoms with E-state index in [0.29, 0.717) is 47.0 Å². The van der Waals surface area contributed by atoms with E-state index in [0.717, 1.165) is 17.7 Å². The molecule has 1 N–H and O–H groups in total. The summed E-state index contributed by atoms with van der Waals surface area (Å²) in [5, 5.41) is 3.71. The molecule has 30 heavy (non-hydrogen) atoms. The molecule has 0 radical (unpaired) electrons. The van der Waals surface area contributed by atoms with Crippen LogP contribution >= 0.6 is 0 Å². The minimum atomic E-state index is -0.568. The van der Waals surface area contributed by atoms with Crippen molar-refractivity contribution in [1.82, 2.24) is 19.9 Å². The Morgan fingerprint density at radius 2 is 1.97 bits per heavy atom. The van der Waals surface area contributed by atoms with Gasteiger partial charge in [-0.25, -0.2) is 19.3 Å². The second-order valence-corrected chi connectivity index (χ2v) is 7.22. The second-order valence-electron chi connectivity index (χ2n) is 7.22. The van der Waals surface area contributed by atoms with Gasteiger partial charge in [-0.1, -0.05) is 0 Å². The van der Waals surface area contributed by atoms with Crippen LogP contribution in [0.5, 0.6) is 0 Å². The van der Waals surface area contributed by atoms with Gasteiger partial charge in [0.05, 0.1) is 23.1 Å². The minimum Gasteiger partial charge on any atom is -0.351 e. The predicted octanol–water partition coefficient (Wildman–Crippen LogP) is 4.31.